The van der Waals surface area contributed by atoms with E-state index in [1.165, 1.54) is 0 Å². The Morgan fingerprint density at radius 2 is 1.58 bits per heavy atom. The molecule has 6 heteroatoms. The van der Waals surface area contributed by atoms with Gasteiger partial charge in [0.05, 0.1) is 17.4 Å². The predicted molar refractivity (Wildman–Crippen MR) is 104 cm³/mol. The van der Waals surface area contributed by atoms with Crippen molar-refractivity contribution in [2.24, 2.45) is 0 Å². The topological polar surface area (TPSA) is 75.6 Å². The summed E-state index contributed by atoms with van der Waals surface area (Å²) in [6.45, 7) is 1.36. The van der Waals surface area contributed by atoms with Crippen LogP contribution in [0, 0.1) is 0 Å². The maximum atomic E-state index is 4.74. The fourth-order valence-electron chi connectivity index (χ4n) is 2.73. The van der Waals surface area contributed by atoms with Crippen LogP contribution in [-0.2, 0) is 0 Å². The lowest BCUT2D eigenvalue weighted by Gasteiger charge is -2.11. The first kappa shape index (κ1) is 16.0. The zero-order valence-corrected chi connectivity index (χ0v) is 14.1. The maximum Gasteiger partial charge on any atom is 0.223 e. The van der Waals surface area contributed by atoms with E-state index in [2.05, 4.69) is 43.8 Å². The van der Waals surface area contributed by atoms with E-state index in [-0.39, 0.29) is 0 Å². The quantitative estimate of drug-likeness (QED) is 0.521. The van der Waals surface area contributed by atoms with Crippen molar-refractivity contribution in [3.05, 3.63) is 73.2 Å². The largest absolute Gasteiger partial charge is 0.367 e. The Morgan fingerprint density at radius 3 is 2.42 bits per heavy atom. The predicted octanol–water partition coefficient (Wildman–Crippen LogP) is 3.61. The van der Waals surface area contributed by atoms with Gasteiger partial charge in [0.2, 0.25) is 5.95 Å². The van der Waals surface area contributed by atoms with E-state index in [1.807, 2.05) is 36.4 Å². The number of para-hydroxylation sites is 1. The zero-order chi connectivity index (χ0) is 17.6. The fourth-order valence-corrected chi connectivity index (χ4v) is 2.73. The van der Waals surface area contributed by atoms with Gasteiger partial charge in [-0.3, -0.25) is 4.98 Å². The molecule has 0 fully saturated rings. The van der Waals surface area contributed by atoms with Crippen LogP contribution in [0.3, 0.4) is 0 Å². The van der Waals surface area contributed by atoms with Gasteiger partial charge in [0.25, 0.3) is 0 Å². The van der Waals surface area contributed by atoms with Gasteiger partial charge in [-0.05, 0) is 6.07 Å². The first-order valence-corrected chi connectivity index (χ1v) is 8.46. The van der Waals surface area contributed by atoms with Crippen LogP contribution in [0.4, 0.5) is 11.8 Å². The highest BCUT2D eigenvalue weighted by Crippen LogP contribution is 2.26. The molecule has 0 aliphatic rings. The standard InChI is InChI=1S/C20H18N6/c1-2-6-15(7-3-1)19-16-8-4-5-9-17(16)25-20(26-19)24-13-12-23-18-14-21-10-11-22-18/h1-11,14H,12-13H2,(H,22,23)(H,24,25,26). The third-order valence-corrected chi connectivity index (χ3v) is 3.93. The van der Waals surface area contributed by atoms with Crippen molar-refractivity contribution in [1.82, 2.24) is 19.9 Å². The summed E-state index contributed by atoms with van der Waals surface area (Å²) in [6, 6.07) is 18.2. The van der Waals surface area contributed by atoms with E-state index in [1.54, 1.807) is 18.6 Å². The third kappa shape index (κ3) is 3.59. The molecule has 2 heterocycles. The fraction of sp³-hybridized carbons (Fsp3) is 0.100. The second kappa shape index (κ2) is 7.57. The SMILES string of the molecule is c1ccc(-c2nc(NCCNc3cnccn3)nc3ccccc23)cc1. The molecular weight excluding hydrogens is 324 g/mol. The summed E-state index contributed by atoms with van der Waals surface area (Å²) in [5.41, 5.74) is 2.93. The van der Waals surface area contributed by atoms with Crippen LogP contribution < -0.4 is 10.6 Å². The van der Waals surface area contributed by atoms with E-state index in [4.69, 9.17) is 4.98 Å². The van der Waals surface area contributed by atoms with Crippen LogP contribution >= 0.6 is 0 Å². The average Bonchev–Trinajstić information content (AvgIpc) is 2.72. The number of nitrogens with one attached hydrogen (secondary N) is 2. The second-order valence-corrected chi connectivity index (χ2v) is 5.72. The van der Waals surface area contributed by atoms with Gasteiger partial charge in [-0.2, -0.15) is 0 Å². The molecule has 0 spiro atoms. The Labute approximate surface area is 151 Å². The van der Waals surface area contributed by atoms with Gasteiger partial charge < -0.3 is 10.6 Å². The minimum Gasteiger partial charge on any atom is -0.367 e. The smallest absolute Gasteiger partial charge is 0.223 e. The van der Waals surface area contributed by atoms with Crippen LogP contribution in [0.25, 0.3) is 22.2 Å². The third-order valence-electron chi connectivity index (χ3n) is 3.93. The van der Waals surface area contributed by atoms with Gasteiger partial charge in [-0.1, -0.05) is 48.5 Å². The molecule has 128 valence electrons. The number of rotatable bonds is 6. The average molecular weight is 342 g/mol. The molecular formula is C20H18N6. The Kier molecular flexibility index (Phi) is 4.64. The summed E-state index contributed by atoms with van der Waals surface area (Å²) in [4.78, 5) is 17.6. The molecule has 6 nitrogen and oxygen atoms in total. The molecule has 26 heavy (non-hydrogen) atoms. The lowest BCUT2D eigenvalue weighted by molar-refractivity contribution is 1.02. The highest BCUT2D eigenvalue weighted by molar-refractivity contribution is 5.93. The van der Waals surface area contributed by atoms with Crippen LogP contribution in [-0.4, -0.2) is 33.0 Å². The molecule has 0 atom stereocenters. The van der Waals surface area contributed by atoms with E-state index in [9.17, 15) is 0 Å². The van der Waals surface area contributed by atoms with Crippen molar-refractivity contribution in [3.63, 3.8) is 0 Å². The first-order valence-electron chi connectivity index (χ1n) is 8.46. The van der Waals surface area contributed by atoms with Crippen molar-refractivity contribution < 1.29 is 0 Å². The Bertz CT molecular complexity index is 989. The van der Waals surface area contributed by atoms with E-state index >= 15 is 0 Å². The molecule has 0 aliphatic heterocycles. The van der Waals surface area contributed by atoms with Gasteiger partial charge in [-0.25, -0.2) is 15.0 Å². The molecule has 0 unspecified atom stereocenters. The Morgan fingerprint density at radius 1 is 0.769 bits per heavy atom. The summed E-state index contributed by atoms with van der Waals surface area (Å²) in [7, 11) is 0. The second-order valence-electron chi connectivity index (χ2n) is 5.72. The summed E-state index contributed by atoms with van der Waals surface area (Å²) in [6.07, 6.45) is 5.01. The molecule has 4 aromatic rings. The number of nitrogens with zero attached hydrogens (tertiary/aromatic N) is 4. The van der Waals surface area contributed by atoms with Crippen molar-refractivity contribution in [2.75, 3.05) is 23.7 Å². The Hall–Kier alpha value is -3.54. The summed E-state index contributed by atoms with van der Waals surface area (Å²) >= 11 is 0. The molecule has 2 aromatic heterocycles. The molecule has 2 N–H and O–H groups in total. The van der Waals surface area contributed by atoms with E-state index in [0.29, 0.717) is 19.0 Å². The van der Waals surface area contributed by atoms with Crippen molar-refractivity contribution in [3.8, 4) is 11.3 Å². The summed E-state index contributed by atoms with van der Waals surface area (Å²) in [5, 5.41) is 7.53. The monoisotopic (exact) mass is 342 g/mol. The highest BCUT2D eigenvalue weighted by Gasteiger charge is 2.09. The number of fused-ring (bicyclic) bond motifs is 1. The van der Waals surface area contributed by atoms with Crippen LogP contribution in [0.1, 0.15) is 0 Å². The van der Waals surface area contributed by atoms with E-state index in [0.717, 1.165) is 28.0 Å². The summed E-state index contributed by atoms with van der Waals surface area (Å²) < 4.78 is 0. The van der Waals surface area contributed by atoms with Crippen molar-refractivity contribution in [1.29, 1.82) is 0 Å². The van der Waals surface area contributed by atoms with Gasteiger partial charge in [-0.15, -0.1) is 0 Å². The number of benzene rings is 2. The molecule has 0 aliphatic carbocycles. The minimum absolute atomic E-state index is 0.614. The van der Waals surface area contributed by atoms with Crippen molar-refractivity contribution >= 4 is 22.7 Å². The van der Waals surface area contributed by atoms with Gasteiger partial charge in [0.15, 0.2) is 0 Å². The summed E-state index contributed by atoms with van der Waals surface area (Å²) in [5.74, 6) is 1.36. The normalized spacial score (nSPS) is 10.6. The molecule has 0 radical (unpaired) electrons. The minimum atomic E-state index is 0.614. The molecule has 4 rings (SSSR count). The maximum absolute atomic E-state index is 4.74. The lowest BCUT2D eigenvalue weighted by Crippen LogP contribution is -2.16. The van der Waals surface area contributed by atoms with Gasteiger partial charge in [0.1, 0.15) is 5.82 Å². The van der Waals surface area contributed by atoms with Gasteiger partial charge in [0, 0.05) is 36.4 Å². The Balaban J connectivity index is 1.54. The first-order chi connectivity index (χ1) is 12.9. The number of hydrogen-bond acceptors (Lipinski definition) is 6. The van der Waals surface area contributed by atoms with Crippen LogP contribution in [0.2, 0.25) is 0 Å². The van der Waals surface area contributed by atoms with Crippen LogP contribution in [0.5, 0.6) is 0 Å². The molecule has 0 amide bonds. The zero-order valence-electron chi connectivity index (χ0n) is 14.1. The number of hydrogen-bond donors (Lipinski definition) is 2. The van der Waals surface area contributed by atoms with Crippen LogP contribution in [0.15, 0.2) is 73.2 Å². The molecule has 0 bridgehead atoms. The number of aromatic nitrogens is 4. The van der Waals surface area contributed by atoms with Crippen molar-refractivity contribution in [2.45, 2.75) is 0 Å². The molecule has 0 saturated carbocycles. The molecule has 0 saturated heterocycles. The molecule has 2 aromatic carbocycles. The highest BCUT2D eigenvalue weighted by atomic mass is 15.1. The lowest BCUT2D eigenvalue weighted by atomic mass is 10.1. The van der Waals surface area contributed by atoms with E-state index < -0.39 is 0 Å². The van der Waals surface area contributed by atoms with Gasteiger partial charge >= 0.3 is 0 Å². The number of anilines is 2.